The molecule has 0 aliphatic carbocycles. The highest BCUT2D eigenvalue weighted by molar-refractivity contribution is 6.74. The van der Waals surface area contributed by atoms with Gasteiger partial charge in [-0.1, -0.05) is 90.1 Å². The number of carbonyl (C=O) groups excluding carboxylic acids is 2. The Kier molecular flexibility index (Phi) is 14.1. The van der Waals surface area contributed by atoms with E-state index in [-0.39, 0.29) is 35.7 Å². The molecule has 0 saturated carbocycles. The third-order valence-electron chi connectivity index (χ3n) is 12.1. The minimum Gasteiger partial charge on any atom is -0.445 e. The second-order valence-electron chi connectivity index (χ2n) is 18.3. The molecule has 4 N–H and O–H groups in total. The molecule has 1 fully saturated rings. The van der Waals surface area contributed by atoms with E-state index in [1.54, 1.807) is 4.90 Å². The van der Waals surface area contributed by atoms with Crippen LogP contribution in [0.5, 0.6) is 0 Å². The molecule has 0 unspecified atom stereocenters. The lowest BCUT2D eigenvalue weighted by Crippen LogP contribution is -2.60. The molecule has 2 aliphatic heterocycles. The van der Waals surface area contributed by atoms with Crippen LogP contribution in [-0.2, 0) is 36.1 Å². The van der Waals surface area contributed by atoms with Crippen LogP contribution in [0.3, 0.4) is 0 Å². The number of amides is 2. The molecule has 2 aliphatic rings. The van der Waals surface area contributed by atoms with Crippen LogP contribution in [0, 0.1) is 0 Å². The first-order valence-corrected chi connectivity index (χ1v) is 26.0. The molecule has 3 aromatic rings. The number of aliphatic hydroxyl groups excluding tert-OH is 1. The normalized spacial score (nSPS) is 21.1. The number of aliphatic hydroxyl groups is 1. The Hall–Kier alpha value is -3.91. The number of H-pyrrole nitrogens is 1. The third-order valence-corrected chi connectivity index (χ3v) is 21.1. The molecule has 5 rings (SSSR count). The summed E-state index contributed by atoms with van der Waals surface area (Å²) < 4.78 is 27.7. The zero-order chi connectivity index (χ0) is 42.6. The lowest BCUT2D eigenvalue weighted by molar-refractivity contribution is -0.131. The summed E-state index contributed by atoms with van der Waals surface area (Å²) in [5, 5.41) is 18.2. The van der Waals surface area contributed by atoms with Crippen LogP contribution in [0.4, 0.5) is 10.5 Å². The van der Waals surface area contributed by atoms with Gasteiger partial charge in [-0.2, -0.15) is 0 Å². The molecule has 16 heteroatoms. The maximum Gasteiger partial charge on any atom is 0.407 e. The number of carbonyl (C=O) groups is 2. The number of alkyl carbamates (subject to hydrolysis) is 1. The topological polar surface area (TPSA) is 173 Å². The Balaban J connectivity index is 1.48. The number of hydrogen-bond acceptors (Lipinski definition) is 10. The van der Waals surface area contributed by atoms with E-state index in [0.29, 0.717) is 19.4 Å². The Bertz CT molecular complexity index is 1990. The number of para-hydroxylation sites is 1. The maximum atomic E-state index is 14.7. The minimum absolute atomic E-state index is 0.136. The molecular weight excluding hydrogens is 775 g/mol. The standard InChI is InChI=1S/C42H63N5O9Si2/c1-41(2,3)57(7,8)55-35-34(54-38(47-26-22-31(48)45-39(47)51)36(35)56-58(9,10)42(4,5)6)33(49)32(37(50)46-25-21-29-19-14-15-20-30(29)46)43-23-16-24-44-40(52)53-27-28-17-12-11-13-18-28/h11-15,17-20,22,26,32-36,38,43,49H,16,21,23-25,27H2,1-10H3,(H,44,52)(H,45,48,51)/t32-,33+,34+,35+,36+,38+/m0/s1. The summed E-state index contributed by atoms with van der Waals surface area (Å²) in [5.74, 6) is -0.353. The quantitative estimate of drug-likeness (QED) is 0.114. The van der Waals surface area contributed by atoms with Gasteiger partial charge in [0.25, 0.3) is 5.56 Å². The van der Waals surface area contributed by atoms with Crippen LogP contribution in [0.2, 0.25) is 36.3 Å². The van der Waals surface area contributed by atoms with Gasteiger partial charge < -0.3 is 39.0 Å². The number of benzene rings is 2. The van der Waals surface area contributed by atoms with Crippen molar-refractivity contribution in [1.29, 1.82) is 0 Å². The van der Waals surface area contributed by atoms with Gasteiger partial charge in [-0.3, -0.25) is 19.1 Å². The summed E-state index contributed by atoms with van der Waals surface area (Å²) in [6, 6.07) is 17.1. The monoisotopic (exact) mass is 837 g/mol. The largest absolute Gasteiger partial charge is 0.445 e. The third kappa shape index (κ3) is 10.4. The molecule has 0 radical (unpaired) electrons. The van der Waals surface area contributed by atoms with Gasteiger partial charge in [0.2, 0.25) is 5.91 Å². The van der Waals surface area contributed by atoms with Crippen molar-refractivity contribution in [1.82, 2.24) is 20.2 Å². The van der Waals surface area contributed by atoms with Gasteiger partial charge in [-0.25, -0.2) is 9.59 Å². The molecule has 318 valence electrons. The van der Waals surface area contributed by atoms with E-state index in [9.17, 15) is 24.3 Å². The Morgan fingerprint density at radius 3 is 2.16 bits per heavy atom. The number of ether oxygens (including phenoxy) is 2. The zero-order valence-electron chi connectivity index (χ0n) is 35.7. The summed E-state index contributed by atoms with van der Waals surface area (Å²) in [6.07, 6.45) is -3.69. The van der Waals surface area contributed by atoms with Gasteiger partial charge in [0.1, 0.15) is 37.1 Å². The van der Waals surface area contributed by atoms with Crippen molar-refractivity contribution >= 4 is 34.3 Å². The van der Waals surface area contributed by atoms with E-state index in [4.69, 9.17) is 18.3 Å². The van der Waals surface area contributed by atoms with Crippen molar-refractivity contribution in [3.63, 3.8) is 0 Å². The Labute approximate surface area is 343 Å². The van der Waals surface area contributed by atoms with Gasteiger partial charge >= 0.3 is 11.8 Å². The van der Waals surface area contributed by atoms with Crippen molar-refractivity contribution in [2.45, 2.75) is 134 Å². The Morgan fingerprint density at radius 1 is 0.897 bits per heavy atom. The molecule has 0 spiro atoms. The first kappa shape index (κ1) is 45.2. The molecule has 2 amide bonds. The van der Waals surface area contributed by atoms with E-state index < -0.39 is 70.7 Å². The van der Waals surface area contributed by atoms with Crippen LogP contribution in [0.1, 0.15) is 65.3 Å². The molecule has 6 atom stereocenters. The average Bonchev–Trinajstić information content (AvgIpc) is 3.72. The molecule has 0 bridgehead atoms. The number of aromatic amines is 1. The van der Waals surface area contributed by atoms with Crippen molar-refractivity contribution in [3.8, 4) is 0 Å². The Morgan fingerprint density at radius 2 is 1.52 bits per heavy atom. The van der Waals surface area contributed by atoms with Crippen LogP contribution in [-0.4, -0.2) is 93.4 Å². The van der Waals surface area contributed by atoms with Gasteiger partial charge in [0, 0.05) is 31.0 Å². The van der Waals surface area contributed by atoms with E-state index in [1.807, 2.05) is 54.6 Å². The summed E-state index contributed by atoms with van der Waals surface area (Å²) in [5.41, 5.74) is 1.41. The fourth-order valence-electron chi connectivity index (χ4n) is 6.67. The number of aromatic nitrogens is 2. The molecule has 3 heterocycles. The molecule has 14 nitrogen and oxygen atoms in total. The van der Waals surface area contributed by atoms with Crippen molar-refractivity contribution < 1.29 is 33.0 Å². The van der Waals surface area contributed by atoms with Gasteiger partial charge in [-0.05, 0) is 72.8 Å². The molecule has 2 aromatic carbocycles. The lowest BCUT2D eigenvalue weighted by atomic mass is 9.98. The summed E-state index contributed by atoms with van der Waals surface area (Å²) in [7, 11) is -5.28. The van der Waals surface area contributed by atoms with E-state index in [2.05, 4.69) is 83.3 Å². The van der Waals surface area contributed by atoms with Crippen LogP contribution >= 0.6 is 0 Å². The van der Waals surface area contributed by atoms with E-state index in [0.717, 1.165) is 16.8 Å². The number of nitrogens with zero attached hydrogens (tertiary/aromatic N) is 2. The molecule has 1 saturated heterocycles. The van der Waals surface area contributed by atoms with E-state index >= 15 is 0 Å². The first-order valence-electron chi connectivity index (χ1n) is 20.2. The minimum atomic E-state index is -2.65. The molecular formula is C42H63N5O9Si2. The maximum absolute atomic E-state index is 14.7. The second kappa shape index (κ2) is 18.2. The van der Waals surface area contributed by atoms with Crippen molar-refractivity contribution in [2.24, 2.45) is 0 Å². The van der Waals surface area contributed by atoms with Crippen LogP contribution in [0.15, 0.2) is 76.4 Å². The highest BCUT2D eigenvalue weighted by atomic mass is 28.4. The fraction of sp³-hybridized carbons (Fsp3) is 0.571. The van der Waals surface area contributed by atoms with Crippen molar-refractivity contribution in [3.05, 3.63) is 98.8 Å². The van der Waals surface area contributed by atoms with Gasteiger partial charge in [0.05, 0.1) is 0 Å². The summed E-state index contributed by atoms with van der Waals surface area (Å²) in [6.45, 7) is 22.1. The smallest absolute Gasteiger partial charge is 0.407 e. The lowest BCUT2D eigenvalue weighted by Gasteiger charge is -2.44. The zero-order valence-corrected chi connectivity index (χ0v) is 37.7. The predicted octanol–water partition coefficient (Wildman–Crippen LogP) is 5.44. The fourth-order valence-corrected chi connectivity index (χ4v) is 9.26. The highest BCUT2D eigenvalue weighted by Crippen LogP contribution is 2.46. The van der Waals surface area contributed by atoms with Gasteiger partial charge in [-0.15, -0.1) is 0 Å². The summed E-state index contributed by atoms with van der Waals surface area (Å²) >= 11 is 0. The number of rotatable bonds is 15. The number of anilines is 1. The first-order chi connectivity index (χ1) is 27.1. The predicted molar refractivity (Wildman–Crippen MR) is 229 cm³/mol. The average molecular weight is 838 g/mol. The van der Waals surface area contributed by atoms with Crippen molar-refractivity contribution in [2.75, 3.05) is 24.5 Å². The number of fused-ring (bicyclic) bond motifs is 1. The summed E-state index contributed by atoms with van der Waals surface area (Å²) in [4.78, 5) is 56.9. The second-order valence-corrected chi connectivity index (χ2v) is 27.8. The van der Waals surface area contributed by atoms with E-state index in [1.165, 1.54) is 16.8 Å². The highest BCUT2D eigenvalue weighted by Gasteiger charge is 2.57. The molecule has 1 aromatic heterocycles. The van der Waals surface area contributed by atoms with Gasteiger partial charge in [0.15, 0.2) is 22.9 Å². The number of hydrogen-bond donors (Lipinski definition) is 4. The van der Waals surface area contributed by atoms with Crippen LogP contribution < -0.4 is 26.8 Å². The SMILES string of the molecule is CC(C)(C)[Si](C)(C)O[C@@H]1[C@@H]([C@H](O)[C@H](NCCCNC(=O)OCc2ccccc2)C(=O)N2CCc3ccccc32)O[C@@H](n2ccc(=O)[nH]c2=O)[C@@H]1O[Si](C)(C)C(C)(C)C. The molecule has 58 heavy (non-hydrogen) atoms. The van der Waals surface area contributed by atoms with Crippen LogP contribution in [0.25, 0.3) is 0 Å². The number of nitrogens with one attached hydrogen (secondary N) is 3.